The topological polar surface area (TPSA) is 33.6 Å². The minimum absolute atomic E-state index is 0.284. The monoisotopic (exact) mass is 524 g/mol. The van der Waals surface area contributed by atoms with E-state index in [2.05, 4.69) is 71.0 Å². The molecule has 6 rings (SSSR count). The van der Waals surface area contributed by atoms with Crippen LogP contribution >= 0.6 is 23.2 Å². The Morgan fingerprint density at radius 1 is 0.919 bits per heavy atom. The molecule has 0 aromatic heterocycles. The Bertz CT molecular complexity index is 1460. The first-order chi connectivity index (χ1) is 18.1. The predicted molar refractivity (Wildman–Crippen MR) is 154 cm³/mol. The van der Waals surface area contributed by atoms with E-state index >= 15 is 0 Å². The number of para-hydroxylation sites is 1. The maximum absolute atomic E-state index is 6.47. The summed E-state index contributed by atoms with van der Waals surface area (Å²) in [6.07, 6.45) is 7.62. The lowest BCUT2D eigenvalue weighted by Crippen LogP contribution is -2.28. The molecule has 4 aromatic carbocycles. The van der Waals surface area contributed by atoms with Crippen molar-refractivity contribution in [2.24, 2.45) is 10.9 Å². The molecule has 37 heavy (non-hydrogen) atoms. The fourth-order valence-electron chi connectivity index (χ4n) is 5.25. The minimum Gasteiger partial charge on any atom is -0.487 e. The number of fused-ring (bicyclic) bond motifs is 3. The number of rotatable bonds is 6. The van der Waals surface area contributed by atoms with Gasteiger partial charge in [0, 0.05) is 22.8 Å². The van der Waals surface area contributed by atoms with E-state index in [1.807, 2.05) is 48.7 Å². The molecule has 2 aliphatic rings. The molecule has 3 atom stereocenters. The molecule has 1 aliphatic heterocycles. The normalized spacial score (nSPS) is 19.9. The highest BCUT2D eigenvalue weighted by Gasteiger charge is 2.37. The van der Waals surface area contributed by atoms with E-state index in [-0.39, 0.29) is 6.04 Å². The fourth-order valence-corrected chi connectivity index (χ4v) is 5.62. The molecule has 0 unspecified atom stereocenters. The summed E-state index contributed by atoms with van der Waals surface area (Å²) in [6.45, 7) is 0.426. The molecule has 0 saturated carbocycles. The summed E-state index contributed by atoms with van der Waals surface area (Å²) in [4.78, 5) is 4.67. The summed E-state index contributed by atoms with van der Waals surface area (Å²) in [5, 5.41) is 5.04. The van der Waals surface area contributed by atoms with Crippen LogP contribution in [-0.4, -0.2) is 6.21 Å². The van der Waals surface area contributed by atoms with Gasteiger partial charge in [0.25, 0.3) is 0 Å². The van der Waals surface area contributed by atoms with E-state index < -0.39 is 0 Å². The van der Waals surface area contributed by atoms with Crippen molar-refractivity contribution in [3.8, 4) is 5.75 Å². The molecule has 3 nitrogen and oxygen atoms in total. The van der Waals surface area contributed by atoms with Gasteiger partial charge in [0.15, 0.2) is 0 Å². The molecule has 4 aromatic rings. The third-order valence-corrected chi connectivity index (χ3v) is 7.70. The Labute approximate surface area is 227 Å². The summed E-state index contributed by atoms with van der Waals surface area (Å²) >= 11 is 12.4. The third kappa shape index (κ3) is 5.16. The van der Waals surface area contributed by atoms with Crippen molar-refractivity contribution in [3.63, 3.8) is 0 Å². The second-order valence-electron chi connectivity index (χ2n) is 9.52. The molecule has 1 heterocycles. The van der Waals surface area contributed by atoms with Crippen molar-refractivity contribution < 1.29 is 4.74 Å². The third-order valence-electron chi connectivity index (χ3n) is 7.15. The lowest BCUT2D eigenvalue weighted by Gasteiger charge is -2.37. The number of halogens is 2. The van der Waals surface area contributed by atoms with Crippen LogP contribution in [-0.2, 0) is 6.61 Å². The van der Waals surface area contributed by atoms with Crippen LogP contribution in [0.4, 0.5) is 11.4 Å². The van der Waals surface area contributed by atoms with Gasteiger partial charge < -0.3 is 10.1 Å². The zero-order valence-corrected chi connectivity index (χ0v) is 21.7. The van der Waals surface area contributed by atoms with Gasteiger partial charge in [-0.05, 0) is 83.1 Å². The second-order valence-corrected chi connectivity index (χ2v) is 10.4. The Kier molecular flexibility index (Phi) is 6.73. The highest BCUT2D eigenvalue weighted by molar-refractivity contribution is 6.32. The molecular formula is C32H26Cl2N2O. The Balaban J connectivity index is 1.12. The number of ether oxygens (including phenoxy) is 1. The van der Waals surface area contributed by atoms with Crippen LogP contribution in [0.3, 0.4) is 0 Å². The van der Waals surface area contributed by atoms with Gasteiger partial charge in [-0.25, -0.2) is 0 Å². The van der Waals surface area contributed by atoms with Crippen LogP contribution < -0.4 is 10.1 Å². The molecule has 0 saturated heterocycles. The number of benzene rings is 4. The van der Waals surface area contributed by atoms with Gasteiger partial charge in [0.2, 0.25) is 0 Å². The molecule has 0 radical (unpaired) electrons. The number of aliphatic imine (C=N–C) groups is 1. The zero-order valence-electron chi connectivity index (χ0n) is 20.1. The van der Waals surface area contributed by atoms with Crippen LogP contribution in [0, 0.1) is 5.92 Å². The van der Waals surface area contributed by atoms with Gasteiger partial charge in [0.05, 0.1) is 16.8 Å². The van der Waals surface area contributed by atoms with E-state index in [0.717, 1.165) is 23.2 Å². The number of allylic oxidation sites excluding steroid dienone is 2. The lowest BCUT2D eigenvalue weighted by atomic mass is 9.77. The number of nitrogens with one attached hydrogen (secondary N) is 1. The SMILES string of the molecule is Clc1ccc(COc2ccc(C=Nc3ccc([C@@H]4Nc5ccccc5[C@@H]5C=CC[C@H]54)cc3)cc2Cl)cc1. The number of hydrogen-bond donors (Lipinski definition) is 1. The van der Waals surface area contributed by atoms with Crippen LogP contribution in [0.2, 0.25) is 10.0 Å². The first-order valence-corrected chi connectivity index (χ1v) is 13.2. The van der Waals surface area contributed by atoms with Crippen molar-refractivity contribution in [2.45, 2.75) is 25.0 Å². The van der Waals surface area contributed by atoms with Crippen LogP contribution in [0.15, 0.2) is 108 Å². The van der Waals surface area contributed by atoms with Crippen molar-refractivity contribution in [1.82, 2.24) is 0 Å². The average molecular weight is 525 g/mol. The Morgan fingerprint density at radius 2 is 1.73 bits per heavy atom. The van der Waals surface area contributed by atoms with Crippen molar-refractivity contribution >= 4 is 40.8 Å². The van der Waals surface area contributed by atoms with E-state index in [1.54, 1.807) is 0 Å². The van der Waals surface area contributed by atoms with Gasteiger partial charge in [-0.1, -0.05) is 77.8 Å². The average Bonchev–Trinajstić information content (AvgIpc) is 3.43. The molecule has 5 heteroatoms. The van der Waals surface area contributed by atoms with Crippen LogP contribution in [0.5, 0.6) is 5.75 Å². The van der Waals surface area contributed by atoms with E-state index in [1.165, 1.54) is 16.8 Å². The molecule has 184 valence electrons. The maximum atomic E-state index is 6.47. The van der Waals surface area contributed by atoms with E-state index in [4.69, 9.17) is 27.9 Å². The first-order valence-electron chi connectivity index (χ1n) is 12.5. The first kappa shape index (κ1) is 23.8. The van der Waals surface area contributed by atoms with E-state index in [9.17, 15) is 0 Å². The summed E-state index contributed by atoms with van der Waals surface area (Å²) in [5.41, 5.74) is 6.77. The summed E-state index contributed by atoms with van der Waals surface area (Å²) in [7, 11) is 0. The minimum atomic E-state index is 0.284. The molecule has 0 bridgehead atoms. The Morgan fingerprint density at radius 3 is 2.54 bits per heavy atom. The van der Waals surface area contributed by atoms with E-state index in [0.29, 0.717) is 34.2 Å². The number of anilines is 1. The largest absolute Gasteiger partial charge is 0.487 e. The van der Waals surface area contributed by atoms with Gasteiger partial charge in [-0.3, -0.25) is 4.99 Å². The highest BCUT2D eigenvalue weighted by Crippen LogP contribution is 2.49. The summed E-state index contributed by atoms with van der Waals surface area (Å²) in [6, 6.07) is 30.8. The second kappa shape index (κ2) is 10.5. The van der Waals surface area contributed by atoms with Gasteiger partial charge in [-0.15, -0.1) is 0 Å². The van der Waals surface area contributed by atoms with Gasteiger partial charge in [0.1, 0.15) is 12.4 Å². The number of nitrogens with zero attached hydrogens (tertiary/aromatic N) is 1. The predicted octanol–water partition coefficient (Wildman–Crippen LogP) is 9.15. The van der Waals surface area contributed by atoms with Crippen molar-refractivity contribution in [2.75, 3.05) is 5.32 Å². The quantitative estimate of drug-likeness (QED) is 0.201. The molecular weight excluding hydrogens is 499 g/mol. The van der Waals surface area contributed by atoms with Crippen LogP contribution in [0.25, 0.3) is 0 Å². The van der Waals surface area contributed by atoms with Crippen LogP contribution in [0.1, 0.15) is 40.6 Å². The highest BCUT2D eigenvalue weighted by atomic mass is 35.5. The van der Waals surface area contributed by atoms with Gasteiger partial charge >= 0.3 is 0 Å². The molecule has 0 spiro atoms. The standard InChI is InChI=1S/C32H26Cl2N2O/c33-24-13-8-21(9-14-24)20-37-31-17-10-22(18-29(31)34)19-35-25-15-11-23(12-16-25)32-28-6-3-5-26(28)27-4-1-2-7-30(27)36-32/h1-5,7-19,26,28,32,36H,6,20H2/t26-,28+,32-/m0/s1. The lowest BCUT2D eigenvalue weighted by molar-refractivity contribution is 0.306. The van der Waals surface area contributed by atoms with Crippen molar-refractivity contribution in [1.29, 1.82) is 0 Å². The number of hydrogen-bond acceptors (Lipinski definition) is 3. The fraction of sp³-hybridized carbons (Fsp3) is 0.156. The smallest absolute Gasteiger partial charge is 0.138 e. The summed E-state index contributed by atoms with van der Waals surface area (Å²) in [5.74, 6) is 1.65. The van der Waals surface area contributed by atoms with Crippen molar-refractivity contribution in [3.05, 3.63) is 135 Å². The molecule has 1 aliphatic carbocycles. The zero-order chi connectivity index (χ0) is 25.2. The maximum Gasteiger partial charge on any atom is 0.138 e. The summed E-state index contributed by atoms with van der Waals surface area (Å²) < 4.78 is 5.87. The Hall–Kier alpha value is -3.53. The molecule has 1 N–H and O–H groups in total. The molecule has 0 amide bonds. The molecule has 0 fully saturated rings. The van der Waals surface area contributed by atoms with Gasteiger partial charge in [-0.2, -0.15) is 0 Å².